The predicted octanol–water partition coefficient (Wildman–Crippen LogP) is 4.17. The molecule has 0 bridgehead atoms. The molecule has 1 heterocycles. The third-order valence-electron chi connectivity index (χ3n) is 3.11. The first-order chi connectivity index (χ1) is 9.08. The molecule has 1 aromatic carbocycles. The Hall–Kier alpha value is -1.77. The Bertz CT molecular complexity index is 529. The van der Waals surface area contributed by atoms with Gasteiger partial charge in [-0.2, -0.15) is 5.10 Å². The molecule has 0 atom stereocenters. The molecule has 3 nitrogen and oxygen atoms in total. The molecular weight excluding hydrogens is 236 g/mol. The molecule has 0 saturated carbocycles. The first-order valence-corrected chi connectivity index (χ1v) is 6.83. The van der Waals surface area contributed by atoms with E-state index in [0.717, 1.165) is 11.4 Å². The van der Waals surface area contributed by atoms with Crippen LogP contribution in [0.25, 0.3) is 0 Å². The van der Waals surface area contributed by atoms with Crippen molar-refractivity contribution in [3.63, 3.8) is 0 Å². The van der Waals surface area contributed by atoms with Crippen molar-refractivity contribution in [1.82, 2.24) is 9.78 Å². The third kappa shape index (κ3) is 3.37. The van der Waals surface area contributed by atoms with Crippen LogP contribution in [-0.4, -0.2) is 9.78 Å². The van der Waals surface area contributed by atoms with E-state index in [-0.39, 0.29) is 0 Å². The lowest BCUT2D eigenvalue weighted by Gasteiger charge is -2.13. The number of rotatable bonds is 5. The Labute approximate surface area is 115 Å². The van der Waals surface area contributed by atoms with Crippen molar-refractivity contribution in [3.8, 4) is 5.75 Å². The first-order valence-electron chi connectivity index (χ1n) is 6.83. The molecule has 2 rings (SSSR count). The molecule has 0 saturated heterocycles. The lowest BCUT2D eigenvalue weighted by Crippen LogP contribution is -2.04. The van der Waals surface area contributed by atoms with E-state index in [0.29, 0.717) is 18.6 Å². The molecule has 0 unspecified atom stereocenters. The number of benzene rings is 1. The summed E-state index contributed by atoms with van der Waals surface area (Å²) in [4.78, 5) is 0. The van der Waals surface area contributed by atoms with Gasteiger partial charge in [-0.05, 0) is 37.5 Å². The van der Waals surface area contributed by atoms with Crippen molar-refractivity contribution in [2.24, 2.45) is 0 Å². The van der Waals surface area contributed by atoms with Gasteiger partial charge < -0.3 is 4.74 Å². The van der Waals surface area contributed by atoms with Gasteiger partial charge in [0.25, 0.3) is 0 Å². The highest BCUT2D eigenvalue weighted by atomic mass is 16.5. The minimum atomic E-state index is 0.386. The number of hydrogen-bond acceptors (Lipinski definition) is 2. The molecule has 19 heavy (non-hydrogen) atoms. The van der Waals surface area contributed by atoms with E-state index in [1.165, 1.54) is 5.56 Å². The summed E-state index contributed by atoms with van der Waals surface area (Å²) < 4.78 is 7.85. The molecule has 0 spiro atoms. The van der Waals surface area contributed by atoms with Crippen molar-refractivity contribution in [2.45, 2.75) is 46.3 Å². The second-order valence-electron chi connectivity index (χ2n) is 5.36. The second-order valence-corrected chi connectivity index (χ2v) is 5.36. The molecule has 1 aromatic heterocycles. The van der Waals surface area contributed by atoms with Gasteiger partial charge in [-0.25, -0.2) is 0 Å². The summed E-state index contributed by atoms with van der Waals surface area (Å²) in [5.41, 5.74) is 2.21. The van der Waals surface area contributed by atoms with Gasteiger partial charge in [0, 0.05) is 12.2 Å². The van der Waals surface area contributed by atoms with Crippen molar-refractivity contribution in [2.75, 3.05) is 0 Å². The van der Waals surface area contributed by atoms with Crippen LogP contribution in [0, 0.1) is 0 Å². The molecule has 102 valence electrons. The molecule has 0 amide bonds. The van der Waals surface area contributed by atoms with Crippen LogP contribution in [0.5, 0.6) is 5.75 Å². The number of ether oxygens (including phenoxy) is 1. The van der Waals surface area contributed by atoms with Crippen LogP contribution in [0.3, 0.4) is 0 Å². The predicted molar refractivity (Wildman–Crippen MR) is 77.5 cm³/mol. The van der Waals surface area contributed by atoms with E-state index < -0.39 is 0 Å². The van der Waals surface area contributed by atoms with Gasteiger partial charge >= 0.3 is 0 Å². The van der Waals surface area contributed by atoms with Gasteiger partial charge in [0.15, 0.2) is 0 Å². The summed E-state index contributed by atoms with van der Waals surface area (Å²) >= 11 is 0. The average molecular weight is 258 g/mol. The molecule has 0 radical (unpaired) electrons. The van der Waals surface area contributed by atoms with Gasteiger partial charge in [-0.1, -0.05) is 32.0 Å². The van der Waals surface area contributed by atoms with E-state index in [9.17, 15) is 0 Å². The summed E-state index contributed by atoms with van der Waals surface area (Å²) in [6.07, 6.45) is 2.00. The van der Waals surface area contributed by atoms with Crippen LogP contribution in [0.2, 0.25) is 0 Å². The van der Waals surface area contributed by atoms with Crippen molar-refractivity contribution >= 4 is 0 Å². The molecule has 0 aliphatic carbocycles. The number of hydrogen-bond donors (Lipinski definition) is 0. The zero-order valence-corrected chi connectivity index (χ0v) is 12.1. The summed E-state index contributed by atoms with van der Waals surface area (Å²) in [6.45, 7) is 9.10. The Balaban J connectivity index is 2.06. The number of nitrogens with zero attached hydrogens (tertiary/aromatic N) is 2. The van der Waals surface area contributed by atoms with Gasteiger partial charge in [-0.3, -0.25) is 4.68 Å². The third-order valence-corrected chi connectivity index (χ3v) is 3.11. The lowest BCUT2D eigenvalue weighted by atomic mass is 10.0. The summed E-state index contributed by atoms with van der Waals surface area (Å²) in [5.74, 6) is 1.42. The van der Waals surface area contributed by atoms with Crippen LogP contribution in [0.1, 0.15) is 50.9 Å². The molecule has 2 aromatic rings. The maximum atomic E-state index is 5.90. The fourth-order valence-corrected chi connectivity index (χ4v) is 1.98. The Morgan fingerprint density at radius 3 is 2.47 bits per heavy atom. The summed E-state index contributed by atoms with van der Waals surface area (Å²) in [6, 6.07) is 10.6. The van der Waals surface area contributed by atoms with E-state index in [4.69, 9.17) is 4.74 Å². The highest BCUT2D eigenvalue weighted by molar-refractivity contribution is 5.35. The second kappa shape index (κ2) is 5.91. The van der Waals surface area contributed by atoms with Gasteiger partial charge in [0.05, 0.1) is 5.69 Å². The van der Waals surface area contributed by atoms with E-state index >= 15 is 0 Å². The Morgan fingerprint density at radius 2 is 1.84 bits per heavy atom. The normalized spacial score (nSPS) is 11.3. The maximum absolute atomic E-state index is 5.90. The quantitative estimate of drug-likeness (QED) is 0.805. The fourth-order valence-electron chi connectivity index (χ4n) is 1.98. The van der Waals surface area contributed by atoms with Crippen molar-refractivity contribution in [1.29, 1.82) is 0 Å². The molecular formula is C16H22N2O. The van der Waals surface area contributed by atoms with Crippen LogP contribution in [0.15, 0.2) is 36.5 Å². The SMILES string of the molecule is CC(C)c1ccccc1OCc1ccn(C(C)C)n1. The molecule has 0 N–H and O–H groups in total. The first kappa shape index (κ1) is 13.7. The monoisotopic (exact) mass is 258 g/mol. The molecule has 0 fully saturated rings. The maximum Gasteiger partial charge on any atom is 0.132 e. The van der Waals surface area contributed by atoms with Crippen LogP contribution < -0.4 is 4.74 Å². The van der Waals surface area contributed by atoms with E-state index in [1.54, 1.807) is 0 Å². The van der Waals surface area contributed by atoms with Crippen LogP contribution >= 0.6 is 0 Å². The number of para-hydroxylation sites is 1. The molecule has 0 aliphatic heterocycles. The molecule has 0 aliphatic rings. The smallest absolute Gasteiger partial charge is 0.132 e. The highest BCUT2D eigenvalue weighted by Crippen LogP contribution is 2.26. The highest BCUT2D eigenvalue weighted by Gasteiger charge is 2.08. The van der Waals surface area contributed by atoms with Gasteiger partial charge in [0.2, 0.25) is 0 Å². The lowest BCUT2D eigenvalue weighted by molar-refractivity contribution is 0.294. The Morgan fingerprint density at radius 1 is 1.11 bits per heavy atom. The zero-order chi connectivity index (χ0) is 13.8. The Kier molecular flexibility index (Phi) is 4.25. The van der Waals surface area contributed by atoms with E-state index in [2.05, 4.69) is 44.9 Å². The summed E-state index contributed by atoms with van der Waals surface area (Å²) in [7, 11) is 0. The van der Waals surface area contributed by atoms with Crippen molar-refractivity contribution in [3.05, 3.63) is 47.8 Å². The van der Waals surface area contributed by atoms with Crippen molar-refractivity contribution < 1.29 is 4.74 Å². The molecule has 3 heteroatoms. The van der Waals surface area contributed by atoms with Crippen LogP contribution in [-0.2, 0) is 6.61 Å². The van der Waals surface area contributed by atoms with Crippen LogP contribution in [0.4, 0.5) is 0 Å². The van der Waals surface area contributed by atoms with Gasteiger partial charge in [0.1, 0.15) is 12.4 Å². The minimum Gasteiger partial charge on any atom is -0.487 e. The zero-order valence-electron chi connectivity index (χ0n) is 12.1. The average Bonchev–Trinajstić information content (AvgIpc) is 2.85. The fraction of sp³-hybridized carbons (Fsp3) is 0.438. The minimum absolute atomic E-state index is 0.386. The topological polar surface area (TPSA) is 27.1 Å². The largest absolute Gasteiger partial charge is 0.487 e. The number of aromatic nitrogens is 2. The summed E-state index contributed by atoms with van der Waals surface area (Å²) in [5, 5.41) is 4.49. The van der Waals surface area contributed by atoms with Gasteiger partial charge in [-0.15, -0.1) is 0 Å². The van der Waals surface area contributed by atoms with E-state index in [1.807, 2.05) is 29.1 Å². The standard InChI is InChI=1S/C16H22N2O/c1-12(2)15-7-5-6-8-16(15)19-11-14-9-10-18(17-14)13(3)4/h5-10,12-13H,11H2,1-4H3.